The van der Waals surface area contributed by atoms with E-state index in [0.29, 0.717) is 5.75 Å². The lowest BCUT2D eigenvalue weighted by molar-refractivity contribution is 0.0699. The van der Waals surface area contributed by atoms with E-state index in [9.17, 15) is 4.79 Å². The molecule has 2 aromatic rings. The van der Waals surface area contributed by atoms with Gasteiger partial charge in [-0.15, -0.1) is 11.3 Å². The molecule has 1 aromatic heterocycles. The van der Waals surface area contributed by atoms with E-state index in [2.05, 4.69) is 0 Å². The Morgan fingerprint density at radius 2 is 2.20 bits per heavy atom. The number of fused-ring (bicyclic) bond motifs is 1. The van der Waals surface area contributed by atoms with Crippen LogP contribution in [0.3, 0.4) is 0 Å². The monoisotopic (exact) mass is 222 g/mol. The van der Waals surface area contributed by atoms with Crippen LogP contribution >= 0.6 is 11.3 Å². The maximum absolute atomic E-state index is 11.0. The number of thiophene rings is 1. The first-order chi connectivity index (χ1) is 7.15. The summed E-state index contributed by atoms with van der Waals surface area (Å²) in [6, 6.07) is 5.77. The van der Waals surface area contributed by atoms with Gasteiger partial charge in [-0.1, -0.05) is 12.1 Å². The standard InChI is InChI=1S/C11H10O3S/c1-6-4-3-5-7-8(6)9(14-2)10(15-7)11(12)13/h3-5H,1-2H3,(H,12,13). The number of ether oxygens (including phenoxy) is 1. The van der Waals surface area contributed by atoms with Gasteiger partial charge in [-0.3, -0.25) is 0 Å². The highest BCUT2D eigenvalue weighted by atomic mass is 32.1. The van der Waals surface area contributed by atoms with Gasteiger partial charge in [0, 0.05) is 10.1 Å². The van der Waals surface area contributed by atoms with Crippen LogP contribution in [-0.2, 0) is 0 Å². The molecule has 0 fully saturated rings. The van der Waals surface area contributed by atoms with Gasteiger partial charge in [0.15, 0.2) is 10.6 Å². The summed E-state index contributed by atoms with van der Waals surface area (Å²) in [6.07, 6.45) is 0. The zero-order valence-corrected chi connectivity index (χ0v) is 9.22. The average molecular weight is 222 g/mol. The highest BCUT2D eigenvalue weighted by Crippen LogP contribution is 2.39. The van der Waals surface area contributed by atoms with E-state index in [1.165, 1.54) is 18.4 Å². The summed E-state index contributed by atoms with van der Waals surface area (Å²) in [6.45, 7) is 1.95. The van der Waals surface area contributed by atoms with Gasteiger partial charge in [-0.25, -0.2) is 4.79 Å². The highest BCUT2D eigenvalue weighted by molar-refractivity contribution is 7.21. The zero-order valence-electron chi connectivity index (χ0n) is 8.40. The molecule has 0 aliphatic heterocycles. The van der Waals surface area contributed by atoms with Crippen LogP contribution in [0.25, 0.3) is 10.1 Å². The molecule has 0 bridgehead atoms. The number of carboxylic acid groups (broad SMARTS) is 1. The fourth-order valence-electron chi connectivity index (χ4n) is 1.62. The maximum atomic E-state index is 11.0. The third-order valence-corrected chi connectivity index (χ3v) is 3.40. The second-order valence-corrected chi connectivity index (χ2v) is 4.27. The summed E-state index contributed by atoms with van der Waals surface area (Å²) < 4.78 is 6.12. The summed E-state index contributed by atoms with van der Waals surface area (Å²) in [5, 5.41) is 9.92. The van der Waals surface area contributed by atoms with Gasteiger partial charge >= 0.3 is 5.97 Å². The van der Waals surface area contributed by atoms with E-state index in [1.807, 2.05) is 25.1 Å². The molecule has 3 nitrogen and oxygen atoms in total. The van der Waals surface area contributed by atoms with Crippen LogP contribution in [0.15, 0.2) is 18.2 Å². The number of hydrogen-bond acceptors (Lipinski definition) is 3. The summed E-state index contributed by atoms with van der Waals surface area (Å²) in [4.78, 5) is 11.3. The molecule has 1 heterocycles. The SMILES string of the molecule is COc1c(C(=O)O)sc2cccc(C)c12. The van der Waals surface area contributed by atoms with Crippen molar-refractivity contribution in [3.63, 3.8) is 0 Å². The van der Waals surface area contributed by atoms with E-state index < -0.39 is 5.97 Å². The summed E-state index contributed by atoms with van der Waals surface area (Å²) in [5.74, 6) is -0.465. The molecule has 0 saturated carbocycles. The third-order valence-electron chi connectivity index (χ3n) is 2.28. The van der Waals surface area contributed by atoms with Crippen LogP contribution < -0.4 is 4.74 Å². The first kappa shape index (κ1) is 9.98. The first-order valence-electron chi connectivity index (χ1n) is 4.44. The number of hydrogen-bond donors (Lipinski definition) is 1. The first-order valence-corrected chi connectivity index (χ1v) is 5.26. The second-order valence-electron chi connectivity index (χ2n) is 3.22. The summed E-state index contributed by atoms with van der Waals surface area (Å²) in [7, 11) is 1.50. The molecule has 1 aromatic carbocycles. The third kappa shape index (κ3) is 1.47. The molecule has 4 heteroatoms. The van der Waals surface area contributed by atoms with E-state index >= 15 is 0 Å². The minimum Gasteiger partial charge on any atom is -0.494 e. The second kappa shape index (κ2) is 3.55. The number of rotatable bonds is 2. The topological polar surface area (TPSA) is 46.5 Å². The van der Waals surface area contributed by atoms with Crippen LogP contribution in [0.1, 0.15) is 15.2 Å². The zero-order chi connectivity index (χ0) is 11.0. The van der Waals surface area contributed by atoms with Gasteiger partial charge in [0.25, 0.3) is 0 Å². The van der Waals surface area contributed by atoms with E-state index in [1.54, 1.807) is 0 Å². The van der Waals surface area contributed by atoms with Crippen molar-refractivity contribution in [3.8, 4) is 5.75 Å². The predicted octanol–water partition coefficient (Wildman–Crippen LogP) is 2.92. The van der Waals surface area contributed by atoms with Gasteiger partial charge in [0.05, 0.1) is 7.11 Å². The van der Waals surface area contributed by atoms with Crippen molar-refractivity contribution in [2.24, 2.45) is 0 Å². The Hall–Kier alpha value is -1.55. The fourth-order valence-corrected chi connectivity index (χ4v) is 2.71. The summed E-state index contributed by atoms with van der Waals surface area (Å²) >= 11 is 1.25. The van der Waals surface area contributed by atoms with Crippen molar-refractivity contribution in [2.45, 2.75) is 6.92 Å². The number of carbonyl (C=O) groups is 1. The van der Waals surface area contributed by atoms with E-state index in [0.717, 1.165) is 15.6 Å². The number of methoxy groups -OCH3 is 1. The molecule has 0 atom stereocenters. The Kier molecular flexibility index (Phi) is 2.36. The molecule has 0 aliphatic rings. The van der Waals surface area contributed by atoms with Crippen molar-refractivity contribution in [2.75, 3.05) is 7.11 Å². The molecule has 0 amide bonds. The highest BCUT2D eigenvalue weighted by Gasteiger charge is 2.19. The Labute approximate surface area is 90.9 Å². The fraction of sp³-hybridized carbons (Fsp3) is 0.182. The van der Waals surface area contributed by atoms with E-state index in [4.69, 9.17) is 9.84 Å². The minimum absolute atomic E-state index is 0.266. The van der Waals surface area contributed by atoms with Gasteiger partial charge < -0.3 is 9.84 Å². The van der Waals surface area contributed by atoms with Crippen LogP contribution in [0.2, 0.25) is 0 Å². The molecule has 2 rings (SSSR count). The largest absolute Gasteiger partial charge is 0.494 e. The Bertz CT molecular complexity index is 528. The molecule has 0 spiro atoms. The van der Waals surface area contributed by atoms with Crippen molar-refractivity contribution in [3.05, 3.63) is 28.6 Å². The molecule has 78 valence electrons. The Morgan fingerprint density at radius 1 is 1.47 bits per heavy atom. The van der Waals surface area contributed by atoms with Crippen molar-refractivity contribution >= 4 is 27.4 Å². The number of carboxylic acids is 1. The molecule has 0 saturated heterocycles. The number of aromatic carboxylic acids is 1. The lowest BCUT2D eigenvalue weighted by Gasteiger charge is -2.01. The lowest BCUT2D eigenvalue weighted by atomic mass is 10.1. The molecule has 1 N–H and O–H groups in total. The average Bonchev–Trinajstić information content (AvgIpc) is 2.57. The van der Waals surface area contributed by atoms with Crippen LogP contribution in [-0.4, -0.2) is 18.2 Å². The van der Waals surface area contributed by atoms with E-state index in [-0.39, 0.29) is 4.88 Å². The van der Waals surface area contributed by atoms with Crippen molar-refractivity contribution in [1.82, 2.24) is 0 Å². The Balaban J connectivity index is 2.86. The van der Waals surface area contributed by atoms with Crippen molar-refractivity contribution < 1.29 is 14.6 Å². The quantitative estimate of drug-likeness (QED) is 0.849. The maximum Gasteiger partial charge on any atom is 0.349 e. The molecule has 0 unspecified atom stereocenters. The van der Waals surface area contributed by atoms with Gasteiger partial charge in [-0.2, -0.15) is 0 Å². The normalized spacial score (nSPS) is 10.5. The van der Waals surface area contributed by atoms with Crippen LogP contribution in [0, 0.1) is 6.92 Å². The van der Waals surface area contributed by atoms with Gasteiger partial charge in [0.1, 0.15) is 0 Å². The van der Waals surface area contributed by atoms with Crippen LogP contribution in [0.5, 0.6) is 5.75 Å². The van der Waals surface area contributed by atoms with Gasteiger partial charge in [-0.05, 0) is 18.6 Å². The molecule has 0 aliphatic carbocycles. The number of benzene rings is 1. The van der Waals surface area contributed by atoms with Crippen LogP contribution in [0.4, 0.5) is 0 Å². The summed E-state index contributed by atoms with van der Waals surface area (Å²) in [5.41, 5.74) is 1.04. The predicted molar refractivity (Wildman–Crippen MR) is 60.1 cm³/mol. The lowest BCUT2D eigenvalue weighted by Crippen LogP contribution is -1.95. The molecular weight excluding hydrogens is 212 g/mol. The number of aryl methyl sites for hydroxylation is 1. The minimum atomic E-state index is -0.938. The Morgan fingerprint density at radius 3 is 2.80 bits per heavy atom. The molecule has 15 heavy (non-hydrogen) atoms. The smallest absolute Gasteiger partial charge is 0.349 e. The molecular formula is C11H10O3S. The molecule has 0 radical (unpaired) electrons. The van der Waals surface area contributed by atoms with Gasteiger partial charge in [0.2, 0.25) is 0 Å². The van der Waals surface area contributed by atoms with Crippen molar-refractivity contribution in [1.29, 1.82) is 0 Å².